The van der Waals surface area contributed by atoms with Crippen molar-refractivity contribution in [2.75, 3.05) is 13.7 Å². The first-order valence-electron chi connectivity index (χ1n) is 15.0. The summed E-state index contributed by atoms with van der Waals surface area (Å²) in [6, 6.07) is 30.8. The van der Waals surface area contributed by atoms with Crippen molar-refractivity contribution in [1.29, 1.82) is 0 Å². The van der Waals surface area contributed by atoms with Crippen LogP contribution in [-0.2, 0) is 36.0 Å². The van der Waals surface area contributed by atoms with Gasteiger partial charge in [-0.2, -0.15) is 0 Å². The van der Waals surface area contributed by atoms with Gasteiger partial charge < -0.3 is 19.3 Å². The molecule has 0 saturated heterocycles. The number of nitrogens with zero attached hydrogens (tertiary/aromatic N) is 1. The van der Waals surface area contributed by atoms with Crippen molar-refractivity contribution in [2.24, 2.45) is 0 Å². The van der Waals surface area contributed by atoms with Gasteiger partial charge >= 0.3 is 0 Å². The zero-order valence-corrected chi connectivity index (χ0v) is 25.6. The number of benzene rings is 4. The number of sulfonamides is 1. The SMILES string of the molecule is C.COc1ccc2c(c1)CC(N(Cc1ccccc1)C(Oc1ccccc1)[C@@H](O)CNS(=O)(=O)c1cc3ccc1OC3)CCC2. The van der Waals surface area contributed by atoms with E-state index in [0.717, 1.165) is 42.6 Å². The van der Waals surface area contributed by atoms with Crippen molar-refractivity contribution in [1.82, 2.24) is 9.62 Å². The van der Waals surface area contributed by atoms with Gasteiger partial charge in [0, 0.05) is 19.1 Å². The van der Waals surface area contributed by atoms with Crippen molar-refractivity contribution in [3.05, 3.63) is 119 Å². The number of aliphatic hydroxyl groups is 1. The molecule has 2 unspecified atom stereocenters. The van der Waals surface area contributed by atoms with Crippen molar-refractivity contribution >= 4 is 10.0 Å². The molecule has 4 aromatic carbocycles. The van der Waals surface area contributed by atoms with Crippen LogP contribution < -0.4 is 18.9 Å². The molecule has 238 valence electrons. The first kappa shape index (κ1) is 32.5. The van der Waals surface area contributed by atoms with Crippen molar-refractivity contribution in [3.63, 3.8) is 0 Å². The van der Waals surface area contributed by atoms with Crippen LogP contribution in [0.3, 0.4) is 0 Å². The lowest BCUT2D eigenvalue weighted by molar-refractivity contribution is -0.0877. The number of aliphatic hydroxyl groups excluding tert-OH is 1. The number of aryl methyl sites for hydroxylation is 1. The van der Waals surface area contributed by atoms with Gasteiger partial charge in [-0.1, -0.05) is 68.1 Å². The van der Waals surface area contributed by atoms with Crippen LogP contribution in [0.5, 0.6) is 17.2 Å². The highest BCUT2D eigenvalue weighted by Gasteiger charge is 2.36. The van der Waals surface area contributed by atoms with Crippen LogP contribution in [0.25, 0.3) is 0 Å². The molecule has 0 fully saturated rings. The monoisotopic (exact) mass is 630 g/mol. The second kappa shape index (κ2) is 14.5. The molecule has 9 heteroatoms. The Kier molecular flexibility index (Phi) is 10.5. The van der Waals surface area contributed by atoms with E-state index in [4.69, 9.17) is 14.2 Å². The summed E-state index contributed by atoms with van der Waals surface area (Å²) in [5, 5.41) is 11.8. The summed E-state index contributed by atoms with van der Waals surface area (Å²) in [5.41, 5.74) is 4.35. The van der Waals surface area contributed by atoms with Crippen LogP contribution in [0, 0.1) is 0 Å². The molecule has 2 bridgehead atoms. The van der Waals surface area contributed by atoms with Crippen LogP contribution in [0.1, 0.15) is 42.5 Å². The van der Waals surface area contributed by atoms with Gasteiger partial charge in [0.2, 0.25) is 10.0 Å². The molecule has 0 radical (unpaired) electrons. The summed E-state index contributed by atoms with van der Waals surface area (Å²) < 4.78 is 47.0. The van der Waals surface area contributed by atoms with E-state index in [1.165, 1.54) is 11.1 Å². The molecular formula is C36H42N2O6S. The summed E-state index contributed by atoms with van der Waals surface area (Å²) in [5.74, 6) is 1.70. The fourth-order valence-electron chi connectivity index (χ4n) is 6.06. The van der Waals surface area contributed by atoms with Gasteiger partial charge in [-0.15, -0.1) is 0 Å². The molecule has 0 spiro atoms. The van der Waals surface area contributed by atoms with E-state index in [2.05, 4.69) is 33.9 Å². The first-order valence-corrected chi connectivity index (χ1v) is 16.5. The Morgan fingerprint density at radius 1 is 0.956 bits per heavy atom. The Morgan fingerprint density at radius 2 is 1.71 bits per heavy atom. The Labute approximate surface area is 266 Å². The maximum atomic E-state index is 13.4. The number of ether oxygens (including phenoxy) is 3. The fourth-order valence-corrected chi connectivity index (χ4v) is 7.31. The Bertz CT molecular complexity index is 1670. The number of fused-ring (bicyclic) bond motifs is 4. The zero-order valence-electron chi connectivity index (χ0n) is 24.8. The minimum atomic E-state index is -3.95. The van der Waals surface area contributed by atoms with E-state index in [-0.39, 0.29) is 24.9 Å². The maximum absolute atomic E-state index is 13.4. The first-order chi connectivity index (χ1) is 21.4. The van der Waals surface area contributed by atoms with E-state index >= 15 is 0 Å². The minimum Gasteiger partial charge on any atom is -0.497 e. The molecule has 0 saturated carbocycles. The minimum absolute atomic E-state index is 0. The predicted octanol–water partition coefficient (Wildman–Crippen LogP) is 5.72. The molecule has 2 aliphatic heterocycles. The number of hydrogen-bond acceptors (Lipinski definition) is 7. The van der Waals surface area contributed by atoms with E-state index in [9.17, 15) is 13.5 Å². The molecule has 2 N–H and O–H groups in total. The largest absolute Gasteiger partial charge is 0.497 e. The second-order valence-corrected chi connectivity index (χ2v) is 13.1. The molecular weight excluding hydrogens is 588 g/mol. The van der Waals surface area contributed by atoms with E-state index in [1.807, 2.05) is 60.7 Å². The predicted molar refractivity (Wildman–Crippen MR) is 175 cm³/mol. The Hall–Kier alpha value is -3.89. The quantitative estimate of drug-likeness (QED) is 0.153. The van der Waals surface area contributed by atoms with Crippen molar-refractivity contribution in [3.8, 4) is 17.2 Å². The third-order valence-electron chi connectivity index (χ3n) is 8.36. The van der Waals surface area contributed by atoms with Gasteiger partial charge in [0.1, 0.15) is 34.9 Å². The van der Waals surface area contributed by atoms with Crippen LogP contribution in [-0.4, -0.2) is 50.5 Å². The molecule has 3 aliphatic rings. The highest BCUT2D eigenvalue weighted by molar-refractivity contribution is 7.89. The number of hydrogen-bond donors (Lipinski definition) is 2. The molecule has 8 nitrogen and oxygen atoms in total. The van der Waals surface area contributed by atoms with Crippen LogP contribution in [0.2, 0.25) is 0 Å². The molecule has 1 aliphatic carbocycles. The number of nitrogens with one attached hydrogen (secondary N) is 1. The summed E-state index contributed by atoms with van der Waals surface area (Å²) in [4.78, 5) is 2.26. The topological polar surface area (TPSA) is 97.3 Å². The standard InChI is InChI=1S/C35H38N2O6S.CH4/c1-41-31-17-16-27-11-8-12-29(20-28(27)21-31)37(23-25-9-4-2-5-10-25)35(43-30-13-6-3-7-14-30)32(38)22-36-44(39,40)34-19-26-15-18-33(34)42-24-26;/h2-7,9-10,13-19,21,29,32,35-36,38H,8,11-12,20,22-24H2,1H3;1H4/t29?,32-,35?;/m0./s1. The van der Waals surface area contributed by atoms with Gasteiger partial charge in [-0.3, -0.25) is 4.90 Å². The maximum Gasteiger partial charge on any atom is 0.244 e. The lowest BCUT2D eigenvalue weighted by Gasteiger charge is -2.40. The molecule has 45 heavy (non-hydrogen) atoms. The van der Waals surface area contributed by atoms with Crippen molar-refractivity contribution < 1.29 is 27.7 Å². The molecule has 0 aromatic heterocycles. The average molecular weight is 631 g/mol. The van der Waals surface area contributed by atoms with Gasteiger partial charge in [-0.05, 0) is 84.3 Å². The van der Waals surface area contributed by atoms with Gasteiger partial charge in [-0.25, -0.2) is 13.1 Å². The molecule has 7 rings (SSSR count). The van der Waals surface area contributed by atoms with Crippen molar-refractivity contribution in [2.45, 2.75) is 69.5 Å². The normalized spacial score (nSPS) is 16.9. The lowest BCUT2D eigenvalue weighted by atomic mass is 9.99. The van der Waals surface area contributed by atoms with E-state index in [0.29, 0.717) is 24.7 Å². The third kappa shape index (κ3) is 7.68. The van der Waals surface area contributed by atoms with Gasteiger partial charge in [0.25, 0.3) is 0 Å². The van der Waals surface area contributed by atoms with Gasteiger partial charge in [0.05, 0.1) is 7.11 Å². The highest BCUT2D eigenvalue weighted by Crippen LogP contribution is 2.32. The third-order valence-corrected chi connectivity index (χ3v) is 9.80. The molecule has 2 heterocycles. The second-order valence-electron chi connectivity index (χ2n) is 11.4. The average Bonchev–Trinajstić information content (AvgIpc) is 3.28. The molecule has 4 aromatic rings. The van der Waals surface area contributed by atoms with Crippen LogP contribution >= 0.6 is 0 Å². The zero-order chi connectivity index (χ0) is 30.5. The van der Waals surface area contributed by atoms with Gasteiger partial charge in [0.15, 0.2) is 6.23 Å². The number of methoxy groups -OCH3 is 1. The highest BCUT2D eigenvalue weighted by atomic mass is 32.2. The lowest BCUT2D eigenvalue weighted by Crippen LogP contribution is -2.55. The molecule has 0 amide bonds. The summed E-state index contributed by atoms with van der Waals surface area (Å²) >= 11 is 0. The summed E-state index contributed by atoms with van der Waals surface area (Å²) in [7, 11) is -2.28. The molecule has 3 atom stereocenters. The number of rotatable bonds is 12. The smallest absolute Gasteiger partial charge is 0.244 e. The van der Waals surface area contributed by atoms with Crippen LogP contribution in [0.4, 0.5) is 0 Å². The fraction of sp³-hybridized carbons (Fsp3) is 0.333. The summed E-state index contributed by atoms with van der Waals surface area (Å²) in [6.45, 7) is 0.614. The Balaban J connectivity index is 0.00000400. The summed E-state index contributed by atoms with van der Waals surface area (Å²) in [6.07, 6.45) is 1.48. The number of para-hydroxylation sites is 1. The Morgan fingerprint density at radius 3 is 2.38 bits per heavy atom. The van der Waals surface area contributed by atoms with Crippen LogP contribution in [0.15, 0.2) is 102 Å². The van der Waals surface area contributed by atoms with E-state index in [1.54, 1.807) is 19.2 Å². The van der Waals surface area contributed by atoms with E-state index < -0.39 is 22.4 Å².